The summed E-state index contributed by atoms with van der Waals surface area (Å²) in [6.07, 6.45) is 1.89. The Balaban J connectivity index is 1.82. The SMILES string of the molecule is C=CCn1c(CN2CCN(C(C)=O)CC2)nc2cc(OC)ccc21. The van der Waals surface area contributed by atoms with Crippen molar-refractivity contribution in [2.75, 3.05) is 33.3 Å². The Morgan fingerprint density at radius 1 is 1.33 bits per heavy atom. The molecule has 3 rings (SSSR count). The smallest absolute Gasteiger partial charge is 0.219 e. The molecule has 6 nitrogen and oxygen atoms in total. The van der Waals surface area contributed by atoms with E-state index in [0.29, 0.717) is 0 Å². The van der Waals surface area contributed by atoms with Crippen molar-refractivity contribution >= 4 is 16.9 Å². The Labute approximate surface area is 142 Å². The number of ether oxygens (including phenoxy) is 1. The molecular formula is C18H24N4O2. The number of imidazole rings is 1. The van der Waals surface area contributed by atoms with Crippen molar-refractivity contribution in [3.8, 4) is 5.75 Å². The van der Waals surface area contributed by atoms with Gasteiger partial charge in [0.05, 0.1) is 24.7 Å². The van der Waals surface area contributed by atoms with E-state index in [1.54, 1.807) is 14.0 Å². The quantitative estimate of drug-likeness (QED) is 0.787. The molecule has 128 valence electrons. The maximum atomic E-state index is 11.4. The van der Waals surface area contributed by atoms with Crippen LogP contribution in [0.2, 0.25) is 0 Å². The molecule has 0 radical (unpaired) electrons. The van der Waals surface area contributed by atoms with Crippen molar-refractivity contribution in [1.82, 2.24) is 19.4 Å². The van der Waals surface area contributed by atoms with Crippen LogP contribution in [0.4, 0.5) is 0 Å². The summed E-state index contributed by atoms with van der Waals surface area (Å²) in [6, 6.07) is 5.97. The molecule has 0 saturated carbocycles. The van der Waals surface area contributed by atoms with Crippen molar-refractivity contribution in [3.05, 3.63) is 36.7 Å². The van der Waals surface area contributed by atoms with Gasteiger partial charge < -0.3 is 14.2 Å². The number of benzene rings is 1. The number of fused-ring (bicyclic) bond motifs is 1. The Morgan fingerprint density at radius 3 is 2.71 bits per heavy atom. The minimum atomic E-state index is 0.153. The van der Waals surface area contributed by atoms with Crippen molar-refractivity contribution in [2.45, 2.75) is 20.0 Å². The number of allylic oxidation sites excluding steroid dienone is 1. The highest BCUT2D eigenvalue weighted by atomic mass is 16.5. The lowest BCUT2D eigenvalue weighted by molar-refractivity contribution is -0.130. The number of piperazine rings is 1. The van der Waals surface area contributed by atoms with Crippen LogP contribution in [-0.4, -0.2) is 58.5 Å². The molecule has 0 spiro atoms. The molecule has 2 aromatic rings. The van der Waals surface area contributed by atoms with Gasteiger partial charge in [0.1, 0.15) is 11.6 Å². The standard InChI is InChI=1S/C18H24N4O2/c1-4-7-22-17-6-5-15(24-3)12-16(17)19-18(22)13-20-8-10-21(11-9-20)14(2)23/h4-6,12H,1,7-11,13H2,2-3H3. The molecule has 1 aromatic carbocycles. The zero-order chi connectivity index (χ0) is 17.1. The fraction of sp³-hybridized carbons (Fsp3) is 0.444. The van der Waals surface area contributed by atoms with Gasteiger partial charge in [0.25, 0.3) is 0 Å². The Kier molecular flexibility index (Phi) is 4.85. The molecule has 0 unspecified atom stereocenters. The van der Waals surface area contributed by atoms with E-state index in [2.05, 4.69) is 16.0 Å². The van der Waals surface area contributed by atoms with E-state index < -0.39 is 0 Å². The molecule has 1 aliphatic heterocycles. The first kappa shape index (κ1) is 16.5. The predicted octanol–water partition coefficient (Wildman–Crippen LogP) is 1.89. The lowest BCUT2D eigenvalue weighted by Gasteiger charge is -2.33. The fourth-order valence-electron chi connectivity index (χ4n) is 3.16. The number of rotatable bonds is 5. The Hall–Kier alpha value is -2.34. The minimum Gasteiger partial charge on any atom is -0.497 e. The molecular weight excluding hydrogens is 304 g/mol. The third-order valence-corrected chi connectivity index (χ3v) is 4.53. The molecule has 1 amide bonds. The van der Waals surface area contributed by atoms with Gasteiger partial charge in [-0.15, -0.1) is 6.58 Å². The van der Waals surface area contributed by atoms with Crippen LogP contribution in [0, 0.1) is 0 Å². The highest BCUT2D eigenvalue weighted by Crippen LogP contribution is 2.23. The second kappa shape index (κ2) is 7.05. The first-order valence-electron chi connectivity index (χ1n) is 8.24. The van der Waals surface area contributed by atoms with Crippen LogP contribution in [0.15, 0.2) is 30.9 Å². The molecule has 0 aliphatic carbocycles. The number of hydrogen-bond acceptors (Lipinski definition) is 4. The van der Waals surface area contributed by atoms with E-state index in [1.165, 1.54) is 0 Å². The van der Waals surface area contributed by atoms with Gasteiger partial charge in [0.2, 0.25) is 5.91 Å². The summed E-state index contributed by atoms with van der Waals surface area (Å²) >= 11 is 0. The highest BCUT2D eigenvalue weighted by molar-refractivity contribution is 5.78. The van der Waals surface area contributed by atoms with Crippen molar-refractivity contribution < 1.29 is 9.53 Å². The van der Waals surface area contributed by atoms with Crippen molar-refractivity contribution in [3.63, 3.8) is 0 Å². The van der Waals surface area contributed by atoms with Crippen LogP contribution in [0.3, 0.4) is 0 Å². The van der Waals surface area contributed by atoms with Gasteiger partial charge in [0, 0.05) is 45.7 Å². The van der Waals surface area contributed by atoms with Crippen LogP contribution < -0.4 is 4.74 Å². The van der Waals surface area contributed by atoms with Crippen LogP contribution in [-0.2, 0) is 17.9 Å². The number of methoxy groups -OCH3 is 1. The third kappa shape index (κ3) is 3.28. The predicted molar refractivity (Wildman–Crippen MR) is 94.0 cm³/mol. The van der Waals surface area contributed by atoms with E-state index >= 15 is 0 Å². The zero-order valence-electron chi connectivity index (χ0n) is 14.4. The largest absolute Gasteiger partial charge is 0.497 e. The molecule has 2 heterocycles. The highest BCUT2D eigenvalue weighted by Gasteiger charge is 2.21. The summed E-state index contributed by atoms with van der Waals surface area (Å²) in [4.78, 5) is 20.5. The number of nitrogens with zero attached hydrogens (tertiary/aromatic N) is 4. The van der Waals surface area contributed by atoms with Gasteiger partial charge in [-0.25, -0.2) is 4.98 Å². The molecule has 6 heteroatoms. The van der Waals surface area contributed by atoms with E-state index in [1.807, 2.05) is 29.2 Å². The summed E-state index contributed by atoms with van der Waals surface area (Å²) in [7, 11) is 1.66. The normalized spacial score (nSPS) is 15.7. The Bertz CT molecular complexity index is 745. The first-order valence-corrected chi connectivity index (χ1v) is 8.24. The monoisotopic (exact) mass is 328 g/mol. The maximum absolute atomic E-state index is 11.4. The van der Waals surface area contributed by atoms with Gasteiger partial charge in [0.15, 0.2) is 0 Å². The maximum Gasteiger partial charge on any atom is 0.219 e. The van der Waals surface area contributed by atoms with Crippen LogP contribution >= 0.6 is 0 Å². The number of carbonyl (C=O) groups is 1. The van der Waals surface area contributed by atoms with Crippen molar-refractivity contribution in [1.29, 1.82) is 0 Å². The van der Waals surface area contributed by atoms with Gasteiger partial charge in [-0.1, -0.05) is 6.08 Å². The summed E-state index contributed by atoms with van der Waals surface area (Å²) < 4.78 is 7.49. The fourth-order valence-corrected chi connectivity index (χ4v) is 3.16. The summed E-state index contributed by atoms with van der Waals surface area (Å²) in [5, 5.41) is 0. The van der Waals surface area contributed by atoms with Gasteiger partial charge >= 0.3 is 0 Å². The Morgan fingerprint density at radius 2 is 2.08 bits per heavy atom. The molecule has 0 bridgehead atoms. The number of amides is 1. The molecule has 24 heavy (non-hydrogen) atoms. The second-order valence-electron chi connectivity index (χ2n) is 6.06. The van der Waals surface area contributed by atoms with Crippen LogP contribution in [0.1, 0.15) is 12.7 Å². The average Bonchev–Trinajstić information content (AvgIpc) is 2.92. The number of carbonyl (C=O) groups excluding carboxylic acids is 1. The van der Waals surface area contributed by atoms with Crippen molar-refractivity contribution in [2.24, 2.45) is 0 Å². The average molecular weight is 328 g/mol. The number of aromatic nitrogens is 2. The molecule has 1 aliphatic rings. The van der Waals surface area contributed by atoms with Crippen LogP contribution in [0.25, 0.3) is 11.0 Å². The third-order valence-electron chi connectivity index (χ3n) is 4.53. The van der Waals surface area contributed by atoms with Gasteiger partial charge in [-0.05, 0) is 12.1 Å². The summed E-state index contributed by atoms with van der Waals surface area (Å²) in [5.41, 5.74) is 2.03. The molecule has 0 atom stereocenters. The zero-order valence-corrected chi connectivity index (χ0v) is 14.4. The first-order chi connectivity index (χ1) is 11.6. The van der Waals surface area contributed by atoms with Gasteiger partial charge in [-0.2, -0.15) is 0 Å². The molecule has 0 N–H and O–H groups in total. The molecule has 1 fully saturated rings. The summed E-state index contributed by atoms with van der Waals surface area (Å²) in [6.45, 7) is 10.3. The minimum absolute atomic E-state index is 0.153. The van der Waals surface area contributed by atoms with E-state index in [4.69, 9.17) is 9.72 Å². The van der Waals surface area contributed by atoms with Gasteiger partial charge in [-0.3, -0.25) is 9.69 Å². The summed E-state index contributed by atoms with van der Waals surface area (Å²) in [5.74, 6) is 1.99. The molecule has 1 saturated heterocycles. The van der Waals surface area contributed by atoms with Crippen LogP contribution in [0.5, 0.6) is 5.75 Å². The lowest BCUT2D eigenvalue weighted by Crippen LogP contribution is -2.47. The van der Waals surface area contributed by atoms with E-state index in [9.17, 15) is 4.79 Å². The topological polar surface area (TPSA) is 50.6 Å². The molecule has 1 aromatic heterocycles. The van der Waals surface area contributed by atoms with E-state index in [-0.39, 0.29) is 5.91 Å². The number of hydrogen-bond donors (Lipinski definition) is 0. The second-order valence-corrected chi connectivity index (χ2v) is 6.06. The van der Waals surface area contributed by atoms with E-state index in [0.717, 1.165) is 61.9 Å². The lowest BCUT2D eigenvalue weighted by atomic mass is 10.3.